The molecular weight excluding hydrogens is 230 g/mol. The van der Waals surface area contributed by atoms with Crippen molar-refractivity contribution >= 4 is 11.8 Å². The average Bonchev–Trinajstić information content (AvgIpc) is 2.75. The Morgan fingerprint density at radius 3 is 2.17 bits per heavy atom. The molecule has 0 aromatic carbocycles. The van der Waals surface area contributed by atoms with Crippen LogP contribution in [-0.2, 0) is 9.59 Å². The minimum absolute atomic E-state index is 0.00593. The van der Waals surface area contributed by atoms with Crippen LogP contribution < -0.4 is 5.32 Å². The number of piperazine rings is 1. The first-order valence-corrected chi connectivity index (χ1v) is 6.77. The van der Waals surface area contributed by atoms with Crippen molar-refractivity contribution in [3.05, 3.63) is 0 Å². The molecule has 0 aromatic rings. The first-order chi connectivity index (χ1) is 8.47. The van der Waals surface area contributed by atoms with Gasteiger partial charge in [0.05, 0.1) is 5.92 Å². The summed E-state index contributed by atoms with van der Waals surface area (Å²) in [7, 11) is 0. The molecular formula is C13H23N3O2. The molecule has 0 saturated carbocycles. The molecule has 5 heteroatoms. The normalized spacial score (nSPS) is 32.7. The second kappa shape index (κ2) is 5.26. The van der Waals surface area contributed by atoms with Gasteiger partial charge in [-0.05, 0) is 20.3 Å². The third kappa shape index (κ3) is 2.83. The van der Waals surface area contributed by atoms with Crippen LogP contribution in [0.5, 0.6) is 0 Å². The van der Waals surface area contributed by atoms with E-state index in [2.05, 4.69) is 19.2 Å². The van der Waals surface area contributed by atoms with E-state index in [1.54, 1.807) is 11.8 Å². The van der Waals surface area contributed by atoms with Crippen molar-refractivity contribution in [1.82, 2.24) is 15.1 Å². The Hall–Kier alpha value is -1.10. The van der Waals surface area contributed by atoms with Gasteiger partial charge in [-0.3, -0.25) is 9.59 Å². The standard InChI is InChI=1S/C13H23N3O2/c1-9-6-16(7-10(2)14-9)13(18)12-4-5-15(8-12)11(3)17/h9-10,12,14H,4-8H2,1-3H3/t9-,10-,12+/m1/s1. The average molecular weight is 253 g/mol. The smallest absolute Gasteiger partial charge is 0.227 e. The van der Waals surface area contributed by atoms with Crippen LogP contribution >= 0.6 is 0 Å². The molecule has 3 atom stereocenters. The number of likely N-dealkylation sites (tertiary alicyclic amines) is 1. The Morgan fingerprint density at radius 1 is 1.06 bits per heavy atom. The van der Waals surface area contributed by atoms with Crippen molar-refractivity contribution in [2.24, 2.45) is 5.92 Å². The first-order valence-electron chi connectivity index (χ1n) is 6.77. The summed E-state index contributed by atoms with van der Waals surface area (Å²) in [6.45, 7) is 8.66. The van der Waals surface area contributed by atoms with Gasteiger partial charge in [-0.1, -0.05) is 0 Å². The quantitative estimate of drug-likeness (QED) is 0.719. The van der Waals surface area contributed by atoms with Gasteiger partial charge in [0.1, 0.15) is 0 Å². The molecule has 2 amide bonds. The second-order valence-electron chi connectivity index (χ2n) is 5.66. The molecule has 2 heterocycles. The monoisotopic (exact) mass is 253 g/mol. The number of hydrogen-bond acceptors (Lipinski definition) is 3. The molecule has 2 aliphatic heterocycles. The minimum atomic E-state index is 0.00593. The molecule has 1 N–H and O–H groups in total. The second-order valence-corrected chi connectivity index (χ2v) is 5.66. The number of rotatable bonds is 1. The van der Waals surface area contributed by atoms with Gasteiger partial charge < -0.3 is 15.1 Å². The molecule has 2 rings (SSSR count). The molecule has 5 nitrogen and oxygen atoms in total. The number of carbonyl (C=O) groups is 2. The lowest BCUT2D eigenvalue weighted by Crippen LogP contribution is -2.57. The Morgan fingerprint density at radius 2 is 1.67 bits per heavy atom. The molecule has 0 aromatic heterocycles. The highest BCUT2D eigenvalue weighted by Crippen LogP contribution is 2.20. The maximum atomic E-state index is 12.4. The summed E-state index contributed by atoms with van der Waals surface area (Å²) in [5.41, 5.74) is 0. The fraction of sp³-hybridized carbons (Fsp3) is 0.846. The van der Waals surface area contributed by atoms with Crippen LogP contribution in [0.1, 0.15) is 27.2 Å². The predicted octanol–water partition coefficient (Wildman–Crippen LogP) is 0.0636. The van der Waals surface area contributed by atoms with E-state index >= 15 is 0 Å². The van der Waals surface area contributed by atoms with E-state index in [4.69, 9.17) is 0 Å². The third-order valence-electron chi connectivity index (χ3n) is 3.85. The van der Waals surface area contributed by atoms with E-state index < -0.39 is 0 Å². The van der Waals surface area contributed by atoms with Crippen molar-refractivity contribution in [3.63, 3.8) is 0 Å². The number of carbonyl (C=O) groups excluding carboxylic acids is 2. The van der Waals surface area contributed by atoms with Crippen LogP contribution in [0, 0.1) is 5.92 Å². The van der Waals surface area contributed by atoms with Crippen LogP contribution in [-0.4, -0.2) is 59.9 Å². The Labute approximate surface area is 108 Å². The van der Waals surface area contributed by atoms with Crippen molar-refractivity contribution in [2.45, 2.75) is 39.3 Å². The lowest BCUT2D eigenvalue weighted by atomic mass is 10.0. The lowest BCUT2D eigenvalue weighted by molar-refractivity contribution is -0.137. The van der Waals surface area contributed by atoms with Gasteiger partial charge in [-0.25, -0.2) is 0 Å². The lowest BCUT2D eigenvalue weighted by Gasteiger charge is -2.37. The molecule has 0 aliphatic carbocycles. The Balaban J connectivity index is 1.93. The van der Waals surface area contributed by atoms with E-state index in [0.717, 1.165) is 26.1 Å². The third-order valence-corrected chi connectivity index (χ3v) is 3.85. The van der Waals surface area contributed by atoms with Crippen LogP contribution in [0.4, 0.5) is 0 Å². The van der Waals surface area contributed by atoms with Gasteiger partial charge >= 0.3 is 0 Å². The molecule has 0 bridgehead atoms. The number of hydrogen-bond donors (Lipinski definition) is 1. The van der Waals surface area contributed by atoms with Crippen LogP contribution in [0.15, 0.2) is 0 Å². The fourth-order valence-corrected chi connectivity index (χ4v) is 3.01. The molecule has 2 aliphatic rings. The summed E-state index contributed by atoms with van der Waals surface area (Å²) >= 11 is 0. The Bertz CT molecular complexity index is 335. The number of amides is 2. The van der Waals surface area contributed by atoms with Crippen LogP contribution in [0.3, 0.4) is 0 Å². The van der Waals surface area contributed by atoms with Gasteiger partial charge in [-0.15, -0.1) is 0 Å². The maximum Gasteiger partial charge on any atom is 0.227 e. The zero-order valence-corrected chi connectivity index (χ0v) is 11.5. The van der Waals surface area contributed by atoms with E-state index in [1.807, 2.05) is 4.90 Å². The molecule has 0 radical (unpaired) electrons. The van der Waals surface area contributed by atoms with E-state index in [1.165, 1.54) is 0 Å². The molecule has 18 heavy (non-hydrogen) atoms. The van der Waals surface area contributed by atoms with Gasteiger partial charge in [0.25, 0.3) is 0 Å². The van der Waals surface area contributed by atoms with Gasteiger partial charge in [0.2, 0.25) is 11.8 Å². The van der Waals surface area contributed by atoms with Gasteiger partial charge in [0, 0.05) is 45.2 Å². The molecule has 2 fully saturated rings. The first kappa shape index (κ1) is 13.3. The summed E-state index contributed by atoms with van der Waals surface area (Å²) in [5, 5.41) is 3.42. The van der Waals surface area contributed by atoms with E-state index in [9.17, 15) is 9.59 Å². The highest BCUT2D eigenvalue weighted by atomic mass is 16.2. The van der Waals surface area contributed by atoms with Gasteiger partial charge in [0.15, 0.2) is 0 Å². The number of nitrogens with zero attached hydrogens (tertiary/aromatic N) is 2. The summed E-state index contributed by atoms with van der Waals surface area (Å²) in [4.78, 5) is 27.4. The molecule has 2 saturated heterocycles. The fourth-order valence-electron chi connectivity index (χ4n) is 3.01. The number of nitrogens with one attached hydrogen (secondary N) is 1. The van der Waals surface area contributed by atoms with Crippen molar-refractivity contribution < 1.29 is 9.59 Å². The summed E-state index contributed by atoms with van der Waals surface area (Å²) in [5.74, 6) is 0.303. The van der Waals surface area contributed by atoms with Crippen molar-refractivity contribution in [2.75, 3.05) is 26.2 Å². The van der Waals surface area contributed by atoms with Crippen molar-refractivity contribution in [1.29, 1.82) is 0 Å². The van der Waals surface area contributed by atoms with E-state index in [0.29, 0.717) is 18.6 Å². The highest BCUT2D eigenvalue weighted by molar-refractivity contribution is 5.81. The Kier molecular flexibility index (Phi) is 3.90. The largest absolute Gasteiger partial charge is 0.342 e. The molecule has 0 unspecified atom stereocenters. The predicted molar refractivity (Wildman–Crippen MR) is 69.0 cm³/mol. The SMILES string of the molecule is CC(=O)N1CC[C@H](C(=O)N2C[C@@H](C)N[C@H](C)C2)C1. The van der Waals surface area contributed by atoms with Crippen LogP contribution in [0.25, 0.3) is 0 Å². The van der Waals surface area contributed by atoms with Gasteiger partial charge in [-0.2, -0.15) is 0 Å². The zero-order chi connectivity index (χ0) is 13.3. The summed E-state index contributed by atoms with van der Waals surface area (Å²) in [6, 6.07) is 0.700. The summed E-state index contributed by atoms with van der Waals surface area (Å²) in [6.07, 6.45) is 0.811. The maximum absolute atomic E-state index is 12.4. The topological polar surface area (TPSA) is 52.7 Å². The minimum Gasteiger partial charge on any atom is -0.342 e. The molecule has 102 valence electrons. The molecule has 0 spiro atoms. The van der Waals surface area contributed by atoms with Crippen LogP contribution in [0.2, 0.25) is 0 Å². The highest BCUT2D eigenvalue weighted by Gasteiger charge is 2.34. The van der Waals surface area contributed by atoms with Crippen molar-refractivity contribution in [3.8, 4) is 0 Å². The summed E-state index contributed by atoms with van der Waals surface area (Å²) < 4.78 is 0. The van der Waals surface area contributed by atoms with E-state index in [-0.39, 0.29) is 17.7 Å². The zero-order valence-electron chi connectivity index (χ0n) is 11.5.